The van der Waals surface area contributed by atoms with Crippen molar-refractivity contribution >= 4 is 0 Å². The Morgan fingerprint density at radius 3 is 2.31 bits per heavy atom. The molecule has 0 unspecified atom stereocenters. The van der Waals surface area contributed by atoms with E-state index in [4.69, 9.17) is 0 Å². The largest absolute Gasteiger partial charge is 0.306 e. The van der Waals surface area contributed by atoms with Gasteiger partial charge in [-0.3, -0.25) is 0 Å². The molecule has 78 valence electrons. The van der Waals surface area contributed by atoms with Gasteiger partial charge in [0.1, 0.15) is 0 Å². The van der Waals surface area contributed by atoms with Crippen molar-refractivity contribution in [2.75, 3.05) is 33.7 Å². The number of nitrogens with zero attached hydrogens (tertiary/aromatic N) is 2. The third kappa shape index (κ3) is 3.65. The first kappa shape index (κ1) is 11.0. The summed E-state index contributed by atoms with van der Waals surface area (Å²) in [7, 11) is 4.40. The molecule has 1 saturated heterocycles. The van der Waals surface area contributed by atoms with E-state index in [0.29, 0.717) is 0 Å². The molecule has 2 nitrogen and oxygen atoms in total. The van der Waals surface area contributed by atoms with Crippen LogP contribution in [0.15, 0.2) is 0 Å². The first-order chi connectivity index (χ1) is 6.24. The van der Waals surface area contributed by atoms with Gasteiger partial charge in [0.15, 0.2) is 0 Å². The Kier molecular flexibility index (Phi) is 4.74. The highest BCUT2D eigenvalue weighted by Crippen LogP contribution is 2.14. The van der Waals surface area contributed by atoms with Crippen LogP contribution in [-0.2, 0) is 0 Å². The second-order valence-corrected chi connectivity index (χ2v) is 4.39. The SMILES string of the molecule is CCCCN1CCC(N(C)C)CC1. The number of hydrogen-bond acceptors (Lipinski definition) is 2. The van der Waals surface area contributed by atoms with Gasteiger partial charge in [-0.1, -0.05) is 13.3 Å². The predicted octanol–water partition coefficient (Wildman–Crippen LogP) is 1.81. The average Bonchev–Trinajstić information content (AvgIpc) is 2.15. The third-order valence-electron chi connectivity index (χ3n) is 3.12. The van der Waals surface area contributed by atoms with Crippen molar-refractivity contribution in [1.82, 2.24) is 9.80 Å². The molecule has 0 aliphatic carbocycles. The van der Waals surface area contributed by atoms with Gasteiger partial charge < -0.3 is 9.80 Å². The molecule has 0 aromatic carbocycles. The van der Waals surface area contributed by atoms with E-state index in [2.05, 4.69) is 30.8 Å². The Bertz CT molecular complexity index is 126. The molecular weight excluding hydrogens is 160 g/mol. The van der Waals surface area contributed by atoms with Crippen molar-refractivity contribution < 1.29 is 0 Å². The molecule has 0 N–H and O–H groups in total. The van der Waals surface area contributed by atoms with E-state index in [9.17, 15) is 0 Å². The number of unbranched alkanes of at least 4 members (excludes halogenated alkanes) is 1. The van der Waals surface area contributed by atoms with Gasteiger partial charge in [0.2, 0.25) is 0 Å². The second kappa shape index (κ2) is 5.61. The fraction of sp³-hybridized carbons (Fsp3) is 1.00. The van der Waals surface area contributed by atoms with E-state index < -0.39 is 0 Å². The number of likely N-dealkylation sites (tertiary alicyclic amines) is 1. The van der Waals surface area contributed by atoms with E-state index in [1.54, 1.807) is 0 Å². The zero-order valence-electron chi connectivity index (χ0n) is 9.42. The Morgan fingerprint density at radius 2 is 1.85 bits per heavy atom. The molecule has 0 bridgehead atoms. The van der Waals surface area contributed by atoms with Gasteiger partial charge in [-0.15, -0.1) is 0 Å². The Morgan fingerprint density at radius 1 is 1.23 bits per heavy atom. The third-order valence-corrected chi connectivity index (χ3v) is 3.12. The summed E-state index contributed by atoms with van der Waals surface area (Å²) in [6.45, 7) is 6.20. The monoisotopic (exact) mass is 184 g/mol. The van der Waals surface area contributed by atoms with Crippen LogP contribution in [0.4, 0.5) is 0 Å². The lowest BCUT2D eigenvalue weighted by Crippen LogP contribution is -2.42. The molecule has 0 radical (unpaired) electrons. The van der Waals surface area contributed by atoms with Crippen LogP contribution >= 0.6 is 0 Å². The van der Waals surface area contributed by atoms with Crippen molar-refractivity contribution in [1.29, 1.82) is 0 Å². The lowest BCUT2D eigenvalue weighted by atomic mass is 10.0. The summed E-state index contributed by atoms with van der Waals surface area (Å²) in [5.74, 6) is 0. The Hall–Kier alpha value is -0.0800. The molecular formula is C11H24N2. The van der Waals surface area contributed by atoms with Crippen LogP contribution in [-0.4, -0.2) is 49.6 Å². The van der Waals surface area contributed by atoms with Gasteiger partial charge in [-0.2, -0.15) is 0 Å². The fourth-order valence-electron chi connectivity index (χ4n) is 2.04. The molecule has 0 aromatic heterocycles. The summed E-state index contributed by atoms with van der Waals surface area (Å²) in [6.07, 6.45) is 5.41. The zero-order chi connectivity index (χ0) is 9.68. The minimum Gasteiger partial charge on any atom is -0.306 e. The highest BCUT2D eigenvalue weighted by molar-refractivity contribution is 4.76. The average molecular weight is 184 g/mol. The maximum absolute atomic E-state index is 2.61. The van der Waals surface area contributed by atoms with Crippen LogP contribution in [0.5, 0.6) is 0 Å². The first-order valence-electron chi connectivity index (χ1n) is 5.62. The van der Waals surface area contributed by atoms with Crippen LogP contribution in [0.1, 0.15) is 32.6 Å². The first-order valence-corrected chi connectivity index (χ1v) is 5.62. The van der Waals surface area contributed by atoms with Crippen LogP contribution < -0.4 is 0 Å². The van der Waals surface area contributed by atoms with E-state index in [1.807, 2.05) is 0 Å². The van der Waals surface area contributed by atoms with Crippen LogP contribution in [0.25, 0.3) is 0 Å². The lowest BCUT2D eigenvalue weighted by Gasteiger charge is -2.35. The van der Waals surface area contributed by atoms with Gasteiger partial charge in [-0.05, 0) is 53.0 Å². The van der Waals surface area contributed by atoms with Crippen molar-refractivity contribution in [3.05, 3.63) is 0 Å². The normalized spacial score (nSPS) is 21.2. The van der Waals surface area contributed by atoms with Gasteiger partial charge in [0.05, 0.1) is 0 Å². The van der Waals surface area contributed by atoms with E-state index >= 15 is 0 Å². The maximum atomic E-state index is 2.61. The minimum atomic E-state index is 0.831. The topological polar surface area (TPSA) is 6.48 Å². The second-order valence-electron chi connectivity index (χ2n) is 4.39. The van der Waals surface area contributed by atoms with Gasteiger partial charge in [0.25, 0.3) is 0 Å². The molecule has 0 amide bonds. The quantitative estimate of drug-likeness (QED) is 0.657. The standard InChI is InChI=1S/C11H24N2/c1-4-5-8-13-9-6-11(7-10-13)12(2)3/h11H,4-10H2,1-3H3. The van der Waals surface area contributed by atoms with E-state index in [-0.39, 0.29) is 0 Å². The Labute approximate surface area is 82.9 Å². The van der Waals surface area contributed by atoms with Crippen molar-refractivity contribution in [2.24, 2.45) is 0 Å². The van der Waals surface area contributed by atoms with Crippen molar-refractivity contribution in [3.63, 3.8) is 0 Å². The van der Waals surface area contributed by atoms with Crippen molar-refractivity contribution in [2.45, 2.75) is 38.6 Å². The highest BCUT2D eigenvalue weighted by Gasteiger charge is 2.19. The minimum absolute atomic E-state index is 0.831. The Balaban J connectivity index is 2.15. The molecule has 0 atom stereocenters. The molecule has 1 aliphatic rings. The summed E-state index contributed by atoms with van der Waals surface area (Å²) in [6, 6.07) is 0.831. The number of rotatable bonds is 4. The zero-order valence-corrected chi connectivity index (χ0v) is 9.42. The fourth-order valence-corrected chi connectivity index (χ4v) is 2.04. The van der Waals surface area contributed by atoms with Crippen molar-refractivity contribution in [3.8, 4) is 0 Å². The molecule has 1 aliphatic heterocycles. The highest BCUT2D eigenvalue weighted by atomic mass is 15.2. The lowest BCUT2D eigenvalue weighted by molar-refractivity contribution is 0.144. The van der Waals surface area contributed by atoms with Gasteiger partial charge >= 0.3 is 0 Å². The molecule has 1 heterocycles. The van der Waals surface area contributed by atoms with Crippen LogP contribution in [0.3, 0.4) is 0 Å². The maximum Gasteiger partial charge on any atom is 0.0113 e. The smallest absolute Gasteiger partial charge is 0.0113 e. The van der Waals surface area contributed by atoms with Gasteiger partial charge in [0, 0.05) is 6.04 Å². The van der Waals surface area contributed by atoms with E-state index in [0.717, 1.165) is 6.04 Å². The molecule has 1 rings (SSSR count). The molecule has 0 aromatic rings. The van der Waals surface area contributed by atoms with Crippen LogP contribution in [0, 0.1) is 0 Å². The summed E-state index contributed by atoms with van der Waals surface area (Å²) in [5, 5.41) is 0. The summed E-state index contributed by atoms with van der Waals surface area (Å²) >= 11 is 0. The summed E-state index contributed by atoms with van der Waals surface area (Å²) < 4.78 is 0. The van der Waals surface area contributed by atoms with Gasteiger partial charge in [-0.25, -0.2) is 0 Å². The molecule has 0 spiro atoms. The summed E-state index contributed by atoms with van der Waals surface area (Å²) in [4.78, 5) is 4.99. The number of hydrogen-bond donors (Lipinski definition) is 0. The number of piperidine rings is 1. The molecule has 13 heavy (non-hydrogen) atoms. The molecule has 1 fully saturated rings. The molecule has 0 saturated carbocycles. The van der Waals surface area contributed by atoms with E-state index in [1.165, 1.54) is 45.3 Å². The molecule has 2 heteroatoms. The predicted molar refractivity (Wildman–Crippen MR) is 58.1 cm³/mol. The van der Waals surface area contributed by atoms with Crippen LogP contribution in [0.2, 0.25) is 0 Å². The summed E-state index contributed by atoms with van der Waals surface area (Å²) in [5.41, 5.74) is 0.